The molecule has 2 unspecified atom stereocenters. The largest absolute Gasteiger partial charge is 0.497 e. The molecule has 5 nitrogen and oxygen atoms in total. The molecule has 2 aromatic rings. The first-order valence-corrected chi connectivity index (χ1v) is 9.61. The molecule has 0 N–H and O–H groups in total. The number of amides is 1. The predicted octanol–water partition coefficient (Wildman–Crippen LogP) is 4.66. The lowest BCUT2D eigenvalue weighted by molar-refractivity contribution is 0.0832. The van der Waals surface area contributed by atoms with Crippen LogP contribution in [0.5, 0.6) is 11.5 Å². The number of nitrogens with zero attached hydrogens (tertiary/aromatic N) is 1. The van der Waals surface area contributed by atoms with Gasteiger partial charge < -0.3 is 14.2 Å². The maximum Gasteiger partial charge on any atom is 0.410 e. The van der Waals surface area contributed by atoms with Gasteiger partial charge in [0, 0.05) is 12.1 Å². The van der Waals surface area contributed by atoms with Crippen LogP contribution in [0.2, 0.25) is 0 Å². The molecule has 0 radical (unpaired) electrons. The second kappa shape index (κ2) is 7.97. The summed E-state index contributed by atoms with van der Waals surface area (Å²) in [6.45, 7) is 0.305. The van der Waals surface area contributed by atoms with Crippen molar-refractivity contribution in [2.75, 3.05) is 14.2 Å². The van der Waals surface area contributed by atoms with E-state index in [-0.39, 0.29) is 18.2 Å². The third-order valence-electron chi connectivity index (χ3n) is 5.53. The van der Waals surface area contributed by atoms with E-state index in [0.717, 1.165) is 41.9 Å². The van der Waals surface area contributed by atoms with Crippen LogP contribution in [0.25, 0.3) is 5.57 Å². The molecule has 1 amide bonds. The van der Waals surface area contributed by atoms with Crippen molar-refractivity contribution in [2.45, 2.75) is 38.0 Å². The normalized spacial score (nSPS) is 20.5. The highest BCUT2D eigenvalue weighted by Gasteiger charge is 2.40. The third kappa shape index (κ3) is 3.70. The smallest absolute Gasteiger partial charge is 0.410 e. The van der Waals surface area contributed by atoms with Gasteiger partial charge in [0.1, 0.15) is 18.1 Å². The molecule has 4 rings (SSSR count). The van der Waals surface area contributed by atoms with Crippen molar-refractivity contribution >= 4 is 11.7 Å². The second-order valence-corrected chi connectivity index (χ2v) is 7.24. The Labute approximate surface area is 165 Å². The summed E-state index contributed by atoms with van der Waals surface area (Å²) in [6.07, 6.45) is 4.74. The summed E-state index contributed by atoms with van der Waals surface area (Å²) in [4.78, 5) is 14.6. The molecule has 1 fully saturated rings. The van der Waals surface area contributed by atoms with Crippen molar-refractivity contribution < 1.29 is 19.0 Å². The van der Waals surface area contributed by atoms with Crippen LogP contribution in [-0.4, -0.2) is 37.3 Å². The molecule has 2 aliphatic rings. The molecule has 2 aliphatic heterocycles. The Morgan fingerprint density at radius 1 is 1.04 bits per heavy atom. The van der Waals surface area contributed by atoms with E-state index in [1.54, 1.807) is 14.2 Å². The van der Waals surface area contributed by atoms with Gasteiger partial charge in [0.25, 0.3) is 0 Å². The van der Waals surface area contributed by atoms with Gasteiger partial charge >= 0.3 is 6.09 Å². The first-order valence-electron chi connectivity index (χ1n) is 9.61. The number of benzene rings is 2. The van der Waals surface area contributed by atoms with Crippen LogP contribution in [0.3, 0.4) is 0 Å². The molecule has 2 atom stereocenters. The summed E-state index contributed by atoms with van der Waals surface area (Å²) < 4.78 is 16.4. The van der Waals surface area contributed by atoms with Crippen LogP contribution in [0.1, 0.15) is 30.4 Å². The van der Waals surface area contributed by atoms with Crippen molar-refractivity contribution in [3.8, 4) is 11.5 Å². The average Bonchev–Trinajstić information content (AvgIpc) is 3.01. The van der Waals surface area contributed by atoms with E-state index < -0.39 is 0 Å². The van der Waals surface area contributed by atoms with E-state index in [2.05, 4.69) is 6.08 Å². The Balaban J connectivity index is 1.50. The topological polar surface area (TPSA) is 48.0 Å². The minimum Gasteiger partial charge on any atom is -0.497 e. The Morgan fingerprint density at radius 2 is 1.75 bits per heavy atom. The fraction of sp³-hybridized carbons (Fsp3) is 0.348. The van der Waals surface area contributed by atoms with Crippen molar-refractivity contribution in [1.82, 2.24) is 4.90 Å². The first-order chi connectivity index (χ1) is 13.7. The highest BCUT2D eigenvalue weighted by molar-refractivity contribution is 5.75. The van der Waals surface area contributed by atoms with E-state index in [1.165, 1.54) is 5.57 Å². The predicted molar refractivity (Wildman–Crippen MR) is 107 cm³/mol. The number of hydrogen-bond donors (Lipinski definition) is 0. The number of methoxy groups -OCH3 is 2. The maximum atomic E-state index is 12.7. The van der Waals surface area contributed by atoms with Crippen LogP contribution in [0, 0.1) is 0 Å². The van der Waals surface area contributed by atoms with Gasteiger partial charge in [0.2, 0.25) is 0 Å². The molecule has 1 saturated heterocycles. The van der Waals surface area contributed by atoms with E-state index >= 15 is 0 Å². The minimum absolute atomic E-state index is 0.0780. The monoisotopic (exact) mass is 379 g/mol. The van der Waals surface area contributed by atoms with Gasteiger partial charge in [-0.05, 0) is 48.1 Å². The van der Waals surface area contributed by atoms with Gasteiger partial charge in [-0.15, -0.1) is 0 Å². The second-order valence-electron chi connectivity index (χ2n) is 7.24. The highest BCUT2D eigenvalue weighted by Crippen LogP contribution is 2.40. The van der Waals surface area contributed by atoms with Crippen molar-refractivity contribution in [2.24, 2.45) is 0 Å². The quantitative estimate of drug-likeness (QED) is 0.758. The first kappa shape index (κ1) is 18.4. The summed E-state index contributed by atoms with van der Waals surface area (Å²) >= 11 is 0. The van der Waals surface area contributed by atoms with Gasteiger partial charge in [-0.1, -0.05) is 36.4 Å². The van der Waals surface area contributed by atoms with Gasteiger partial charge in [0.15, 0.2) is 0 Å². The van der Waals surface area contributed by atoms with Crippen LogP contribution in [0.15, 0.2) is 54.6 Å². The van der Waals surface area contributed by atoms with Gasteiger partial charge in [-0.25, -0.2) is 4.79 Å². The fourth-order valence-electron chi connectivity index (χ4n) is 4.12. The van der Waals surface area contributed by atoms with Crippen LogP contribution < -0.4 is 9.47 Å². The zero-order valence-electron chi connectivity index (χ0n) is 16.3. The molecule has 2 bridgehead atoms. The number of fused-ring (bicyclic) bond motifs is 2. The van der Waals surface area contributed by atoms with Crippen molar-refractivity contribution in [1.29, 1.82) is 0 Å². The molecule has 0 spiro atoms. The standard InChI is InChI=1S/C23H25NO4/c1-26-21-12-18(13-22(14-21)27-2)17-10-19-8-9-20(11-17)24(19)23(25)28-15-16-6-4-3-5-7-16/h3-7,10,12-14,19-20H,8-9,11,15H2,1-2H3. The Hall–Kier alpha value is -2.95. The minimum atomic E-state index is -0.227. The van der Waals surface area contributed by atoms with E-state index in [0.29, 0.717) is 6.61 Å². The summed E-state index contributed by atoms with van der Waals surface area (Å²) in [7, 11) is 3.31. The van der Waals surface area contributed by atoms with E-state index in [4.69, 9.17) is 14.2 Å². The lowest BCUT2D eigenvalue weighted by Gasteiger charge is -2.33. The van der Waals surface area contributed by atoms with Crippen LogP contribution >= 0.6 is 0 Å². The molecule has 5 heteroatoms. The molecule has 0 saturated carbocycles. The average molecular weight is 379 g/mol. The van der Waals surface area contributed by atoms with E-state index in [9.17, 15) is 4.79 Å². The van der Waals surface area contributed by atoms with Crippen molar-refractivity contribution in [3.05, 3.63) is 65.7 Å². The Morgan fingerprint density at radius 3 is 2.39 bits per heavy atom. The third-order valence-corrected chi connectivity index (χ3v) is 5.53. The lowest BCUT2D eigenvalue weighted by Crippen LogP contribution is -2.43. The number of ether oxygens (including phenoxy) is 3. The number of carbonyl (C=O) groups excluding carboxylic acids is 1. The van der Waals surface area contributed by atoms with Crippen LogP contribution in [-0.2, 0) is 11.3 Å². The number of hydrogen-bond acceptors (Lipinski definition) is 4. The Kier molecular flexibility index (Phi) is 5.24. The zero-order chi connectivity index (χ0) is 19.5. The van der Waals surface area contributed by atoms with Crippen molar-refractivity contribution in [3.63, 3.8) is 0 Å². The molecule has 0 aliphatic carbocycles. The Bertz CT molecular complexity index is 855. The van der Waals surface area contributed by atoms with Gasteiger partial charge in [-0.3, -0.25) is 4.90 Å². The number of rotatable bonds is 5. The molecule has 146 valence electrons. The van der Waals surface area contributed by atoms with E-state index in [1.807, 2.05) is 53.4 Å². The molecule has 0 aromatic heterocycles. The highest BCUT2D eigenvalue weighted by atomic mass is 16.6. The maximum absolute atomic E-state index is 12.7. The molecular formula is C23H25NO4. The van der Waals surface area contributed by atoms with Gasteiger partial charge in [0.05, 0.1) is 20.3 Å². The summed E-state index contributed by atoms with van der Waals surface area (Å²) in [5.41, 5.74) is 3.32. The SMILES string of the molecule is COc1cc(OC)cc(C2=CC3CCC(C2)N3C(=O)OCc2ccccc2)c1. The molecule has 2 heterocycles. The van der Waals surface area contributed by atoms with Gasteiger partial charge in [-0.2, -0.15) is 0 Å². The summed E-state index contributed by atoms with van der Waals surface area (Å²) in [5, 5.41) is 0. The number of carbonyl (C=O) groups is 1. The molecular weight excluding hydrogens is 354 g/mol. The molecule has 2 aromatic carbocycles. The fourth-order valence-corrected chi connectivity index (χ4v) is 4.12. The summed E-state index contributed by atoms with van der Waals surface area (Å²) in [6, 6.07) is 16.0. The molecule has 28 heavy (non-hydrogen) atoms. The zero-order valence-corrected chi connectivity index (χ0v) is 16.3. The van der Waals surface area contributed by atoms with Crippen LogP contribution in [0.4, 0.5) is 4.79 Å². The summed E-state index contributed by atoms with van der Waals surface area (Å²) in [5.74, 6) is 1.54. The lowest BCUT2D eigenvalue weighted by atomic mass is 9.94.